The van der Waals surface area contributed by atoms with E-state index in [1.54, 1.807) is 6.07 Å². The van der Waals surface area contributed by atoms with Crippen LogP contribution in [0, 0.1) is 6.92 Å². The maximum absolute atomic E-state index is 12.5. The summed E-state index contributed by atoms with van der Waals surface area (Å²) in [6.45, 7) is 5.87. The molecule has 0 atom stereocenters. The van der Waals surface area contributed by atoms with Crippen molar-refractivity contribution in [3.8, 4) is 5.75 Å². The van der Waals surface area contributed by atoms with E-state index in [0.29, 0.717) is 36.1 Å². The van der Waals surface area contributed by atoms with Crippen LogP contribution in [0.25, 0.3) is 10.9 Å². The highest BCUT2D eigenvalue weighted by molar-refractivity contribution is 5.81. The van der Waals surface area contributed by atoms with Gasteiger partial charge in [-0.15, -0.1) is 0 Å². The van der Waals surface area contributed by atoms with E-state index >= 15 is 0 Å². The largest absolute Gasteiger partial charge is 0.494 e. The van der Waals surface area contributed by atoms with Gasteiger partial charge in [0.05, 0.1) is 6.61 Å². The lowest BCUT2D eigenvalue weighted by atomic mass is 10.0. The van der Waals surface area contributed by atoms with Gasteiger partial charge in [0.1, 0.15) is 11.5 Å². The van der Waals surface area contributed by atoms with E-state index in [4.69, 9.17) is 4.74 Å². The summed E-state index contributed by atoms with van der Waals surface area (Å²) >= 11 is 0. The molecule has 2 aromatic rings. The minimum atomic E-state index is -0.0148. The lowest BCUT2D eigenvalue weighted by molar-refractivity contribution is -0.116. The van der Waals surface area contributed by atoms with Crippen LogP contribution < -0.4 is 10.2 Å². The predicted octanol–water partition coefficient (Wildman–Crippen LogP) is 2.76. The van der Waals surface area contributed by atoms with E-state index in [1.807, 2.05) is 26.0 Å². The summed E-state index contributed by atoms with van der Waals surface area (Å²) in [4.78, 5) is 26.9. The second kappa shape index (κ2) is 5.90. The zero-order valence-electron chi connectivity index (χ0n) is 12.1. The van der Waals surface area contributed by atoms with Gasteiger partial charge in [-0.25, -0.2) is 0 Å². The fourth-order valence-electron chi connectivity index (χ4n) is 2.29. The smallest absolute Gasteiger partial charge is 0.192 e. The molecule has 1 N–H and O–H groups in total. The van der Waals surface area contributed by atoms with Gasteiger partial charge in [0.25, 0.3) is 0 Å². The Balaban J connectivity index is 2.53. The summed E-state index contributed by atoms with van der Waals surface area (Å²) in [6, 6.07) is 5.45. The van der Waals surface area contributed by atoms with E-state index in [1.165, 1.54) is 6.92 Å². The molecule has 0 bridgehead atoms. The number of rotatable bonds is 5. The van der Waals surface area contributed by atoms with Gasteiger partial charge in [-0.1, -0.05) is 0 Å². The number of aryl methyl sites for hydroxylation is 1. The molecule has 0 saturated carbocycles. The molecule has 0 unspecified atom stereocenters. The van der Waals surface area contributed by atoms with Crippen molar-refractivity contribution in [2.45, 2.75) is 33.6 Å². The monoisotopic (exact) mass is 273 g/mol. The molecule has 106 valence electrons. The number of ketones is 1. The van der Waals surface area contributed by atoms with Gasteiger partial charge in [0, 0.05) is 28.6 Å². The summed E-state index contributed by atoms with van der Waals surface area (Å²) in [5.41, 5.74) is 2.29. The van der Waals surface area contributed by atoms with Crippen LogP contribution in [-0.2, 0) is 11.2 Å². The van der Waals surface area contributed by atoms with Crippen LogP contribution in [0.1, 0.15) is 31.5 Å². The molecule has 20 heavy (non-hydrogen) atoms. The maximum atomic E-state index is 12.5. The van der Waals surface area contributed by atoms with Crippen LogP contribution in [-0.4, -0.2) is 17.4 Å². The van der Waals surface area contributed by atoms with Crippen LogP contribution in [0.15, 0.2) is 23.0 Å². The number of ether oxygens (including phenoxy) is 1. The molecular formula is C16H19NO3. The first kappa shape index (κ1) is 14.3. The minimum Gasteiger partial charge on any atom is -0.494 e. The van der Waals surface area contributed by atoms with Crippen molar-refractivity contribution in [2.75, 3.05) is 6.61 Å². The van der Waals surface area contributed by atoms with Crippen molar-refractivity contribution < 1.29 is 9.53 Å². The SMILES string of the molecule is CCOc1ccc2[nH]c(C)c(CCC(C)=O)c(=O)c2c1. The number of aromatic amines is 1. The zero-order valence-corrected chi connectivity index (χ0v) is 12.1. The molecule has 4 nitrogen and oxygen atoms in total. The summed E-state index contributed by atoms with van der Waals surface area (Å²) in [6.07, 6.45) is 0.867. The first-order chi connectivity index (χ1) is 9.52. The Labute approximate surface area is 117 Å². The average Bonchev–Trinajstić information content (AvgIpc) is 2.39. The Bertz CT molecular complexity index is 701. The number of pyridine rings is 1. The lowest BCUT2D eigenvalue weighted by Crippen LogP contribution is -2.14. The third-order valence-corrected chi connectivity index (χ3v) is 3.32. The van der Waals surface area contributed by atoms with E-state index in [-0.39, 0.29) is 11.2 Å². The van der Waals surface area contributed by atoms with E-state index in [2.05, 4.69) is 4.98 Å². The molecule has 4 heteroatoms. The number of carbonyl (C=O) groups is 1. The number of nitrogens with one attached hydrogen (secondary N) is 1. The van der Waals surface area contributed by atoms with Crippen molar-refractivity contribution in [3.05, 3.63) is 39.7 Å². The normalized spacial score (nSPS) is 10.8. The number of benzene rings is 1. The third-order valence-electron chi connectivity index (χ3n) is 3.32. The van der Waals surface area contributed by atoms with E-state index in [0.717, 1.165) is 11.2 Å². The topological polar surface area (TPSA) is 59.2 Å². The number of Topliss-reactive ketones (excluding diaryl/α,β-unsaturated/α-hetero) is 1. The minimum absolute atomic E-state index is 0.0148. The fourth-order valence-corrected chi connectivity index (χ4v) is 2.29. The summed E-state index contributed by atoms with van der Waals surface area (Å²) in [7, 11) is 0. The first-order valence-corrected chi connectivity index (χ1v) is 6.80. The molecule has 2 rings (SSSR count). The molecule has 0 aliphatic rings. The van der Waals surface area contributed by atoms with Crippen LogP contribution in [0.2, 0.25) is 0 Å². The Hall–Kier alpha value is -2.10. The van der Waals surface area contributed by atoms with Gasteiger partial charge in [0.2, 0.25) is 0 Å². The zero-order chi connectivity index (χ0) is 14.7. The quantitative estimate of drug-likeness (QED) is 0.911. The molecule has 0 spiro atoms. The number of carbonyl (C=O) groups excluding carboxylic acids is 1. The average molecular weight is 273 g/mol. The molecule has 0 saturated heterocycles. The molecular weight excluding hydrogens is 254 g/mol. The number of hydrogen-bond acceptors (Lipinski definition) is 3. The molecule has 1 heterocycles. The Morgan fingerprint density at radius 2 is 2.10 bits per heavy atom. The highest BCUT2D eigenvalue weighted by Gasteiger charge is 2.11. The molecule has 0 aliphatic carbocycles. The summed E-state index contributed by atoms with van der Waals surface area (Å²) < 4.78 is 5.43. The summed E-state index contributed by atoms with van der Waals surface area (Å²) in [5.74, 6) is 0.777. The second-order valence-electron chi connectivity index (χ2n) is 4.90. The first-order valence-electron chi connectivity index (χ1n) is 6.80. The van der Waals surface area contributed by atoms with E-state index < -0.39 is 0 Å². The van der Waals surface area contributed by atoms with Crippen LogP contribution >= 0.6 is 0 Å². The van der Waals surface area contributed by atoms with Gasteiger partial charge in [-0.3, -0.25) is 4.79 Å². The van der Waals surface area contributed by atoms with Crippen molar-refractivity contribution in [2.24, 2.45) is 0 Å². The van der Waals surface area contributed by atoms with Gasteiger partial charge in [-0.05, 0) is 45.4 Å². The van der Waals surface area contributed by atoms with Gasteiger partial charge in [0.15, 0.2) is 5.43 Å². The number of fused-ring (bicyclic) bond motifs is 1. The standard InChI is InChI=1S/C16H19NO3/c1-4-20-12-6-8-15-14(9-12)16(19)13(11(3)17-15)7-5-10(2)18/h6,8-9H,4-5,7H2,1-3H3,(H,17,19). The van der Waals surface area contributed by atoms with Gasteiger partial charge in [-0.2, -0.15) is 0 Å². The van der Waals surface area contributed by atoms with Crippen molar-refractivity contribution in [1.82, 2.24) is 4.98 Å². The Morgan fingerprint density at radius 1 is 1.35 bits per heavy atom. The predicted molar refractivity (Wildman–Crippen MR) is 79.5 cm³/mol. The van der Waals surface area contributed by atoms with Crippen LogP contribution in [0.5, 0.6) is 5.75 Å². The van der Waals surface area contributed by atoms with E-state index in [9.17, 15) is 9.59 Å². The summed E-state index contributed by atoms with van der Waals surface area (Å²) in [5, 5.41) is 0.611. The lowest BCUT2D eigenvalue weighted by Gasteiger charge is -2.09. The van der Waals surface area contributed by atoms with Gasteiger partial charge < -0.3 is 14.5 Å². The molecule has 0 amide bonds. The van der Waals surface area contributed by atoms with Crippen molar-refractivity contribution in [3.63, 3.8) is 0 Å². The second-order valence-corrected chi connectivity index (χ2v) is 4.90. The molecule has 1 aromatic heterocycles. The van der Waals surface area contributed by atoms with Crippen LogP contribution in [0.3, 0.4) is 0 Å². The highest BCUT2D eigenvalue weighted by atomic mass is 16.5. The maximum Gasteiger partial charge on any atom is 0.192 e. The molecule has 0 radical (unpaired) electrons. The molecule has 0 aliphatic heterocycles. The third kappa shape index (κ3) is 2.90. The molecule has 1 aromatic carbocycles. The number of H-pyrrole nitrogens is 1. The number of aromatic nitrogens is 1. The molecule has 0 fully saturated rings. The van der Waals surface area contributed by atoms with Crippen LogP contribution in [0.4, 0.5) is 0 Å². The van der Waals surface area contributed by atoms with Gasteiger partial charge >= 0.3 is 0 Å². The highest BCUT2D eigenvalue weighted by Crippen LogP contribution is 2.19. The van der Waals surface area contributed by atoms with Crippen molar-refractivity contribution >= 4 is 16.7 Å². The Kier molecular flexibility index (Phi) is 4.23. The number of hydrogen-bond donors (Lipinski definition) is 1. The Morgan fingerprint density at radius 3 is 2.75 bits per heavy atom. The fraction of sp³-hybridized carbons (Fsp3) is 0.375. The van der Waals surface area contributed by atoms with Crippen molar-refractivity contribution in [1.29, 1.82) is 0 Å².